The van der Waals surface area contributed by atoms with Crippen molar-refractivity contribution < 1.29 is 18.4 Å². The standard InChI is InChI=1S/C10H17N3O4S/c11-8(12-15)10(2-3-10)9(14)13-4-1-6-18(16,17)7-5-13/h15H,1-7H2,(H2,11,12). The van der Waals surface area contributed by atoms with Crippen LogP contribution in [0.15, 0.2) is 5.16 Å². The number of nitrogens with two attached hydrogens (primary N) is 1. The Bertz CT molecular complexity index is 481. The van der Waals surface area contributed by atoms with Gasteiger partial charge in [0.15, 0.2) is 15.7 Å². The number of carbonyl (C=O) groups excluding carboxylic acids is 1. The smallest absolute Gasteiger partial charge is 0.236 e. The summed E-state index contributed by atoms with van der Waals surface area (Å²) in [5, 5.41) is 11.6. The SMILES string of the molecule is NC(=NO)C1(C(=O)N2CCCS(=O)(=O)CC2)CC1. The largest absolute Gasteiger partial charge is 0.409 e. The number of oxime groups is 1. The zero-order valence-electron chi connectivity index (χ0n) is 10.0. The maximum Gasteiger partial charge on any atom is 0.236 e. The van der Waals surface area contributed by atoms with Crippen molar-refractivity contribution in [2.75, 3.05) is 24.6 Å². The third-order valence-electron chi connectivity index (χ3n) is 3.60. The molecule has 0 spiro atoms. The van der Waals surface area contributed by atoms with Crippen LogP contribution in [-0.4, -0.2) is 54.9 Å². The maximum atomic E-state index is 12.3. The average molecular weight is 275 g/mol. The first-order chi connectivity index (χ1) is 8.41. The van der Waals surface area contributed by atoms with Gasteiger partial charge in [0.25, 0.3) is 0 Å². The van der Waals surface area contributed by atoms with Crippen molar-refractivity contribution in [3.63, 3.8) is 0 Å². The topological polar surface area (TPSA) is 113 Å². The summed E-state index contributed by atoms with van der Waals surface area (Å²) in [7, 11) is -3.04. The molecule has 1 heterocycles. The summed E-state index contributed by atoms with van der Waals surface area (Å²) >= 11 is 0. The summed E-state index contributed by atoms with van der Waals surface area (Å²) in [5.74, 6) is -0.173. The van der Waals surface area contributed by atoms with E-state index in [-0.39, 0.29) is 29.8 Å². The van der Waals surface area contributed by atoms with Gasteiger partial charge in [0.05, 0.1) is 11.5 Å². The maximum absolute atomic E-state index is 12.3. The minimum Gasteiger partial charge on any atom is -0.409 e. The molecule has 0 aromatic rings. The molecular formula is C10H17N3O4S. The summed E-state index contributed by atoms with van der Waals surface area (Å²) in [4.78, 5) is 13.8. The Morgan fingerprint density at radius 1 is 1.28 bits per heavy atom. The number of amidine groups is 1. The molecule has 0 bridgehead atoms. The molecule has 3 N–H and O–H groups in total. The summed E-state index contributed by atoms with van der Waals surface area (Å²) in [6.45, 7) is 0.611. The number of hydrogen-bond donors (Lipinski definition) is 2. The fourth-order valence-electron chi connectivity index (χ4n) is 2.24. The molecule has 1 amide bonds. The van der Waals surface area contributed by atoms with Crippen LogP contribution < -0.4 is 5.73 Å². The average Bonchev–Trinajstić information content (AvgIpc) is 3.12. The van der Waals surface area contributed by atoms with Crippen LogP contribution in [0.5, 0.6) is 0 Å². The minimum atomic E-state index is -3.04. The number of nitrogens with zero attached hydrogens (tertiary/aromatic N) is 2. The Morgan fingerprint density at radius 3 is 2.50 bits per heavy atom. The van der Waals surface area contributed by atoms with Crippen LogP contribution >= 0.6 is 0 Å². The Balaban J connectivity index is 2.11. The number of hydrogen-bond acceptors (Lipinski definition) is 5. The van der Waals surface area contributed by atoms with E-state index < -0.39 is 15.3 Å². The molecule has 2 fully saturated rings. The zero-order valence-corrected chi connectivity index (χ0v) is 10.8. The Hall–Kier alpha value is -1.31. The summed E-state index contributed by atoms with van der Waals surface area (Å²) in [6, 6.07) is 0. The van der Waals surface area contributed by atoms with Gasteiger partial charge in [-0.3, -0.25) is 4.79 Å². The molecule has 0 radical (unpaired) electrons. The van der Waals surface area contributed by atoms with Gasteiger partial charge in [0, 0.05) is 13.1 Å². The van der Waals surface area contributed by atoms with Crippen LogP contribution in [0.4, 0.5) is 0 Å². The van der Waals surface area contributed by atoms with Crippen molar-refractivity contribution in [1.82, 2.24) is 4.90 Å². The van der Waals surface area contributed by atoms with Crippen molar-refractivity contribution >= 4 is 21.6 Å². The molecule has 7 nitrogen and oxygen atoms in total. The van der Waals surface area contributed by atoms with E-state index in [1.807, 2.05) is 0 Å². The summed E-state index contributed by atoms with van der Waals surface area (Å²) < 4.78 is 22.9. The van der Waals surface area contributed by atoms with Gasteiger partial charge in [-0.1, -0.05) is 5.16 Å². The van der Waals surface area contributed by atoms with Crippen molar-refractivity contribution in [3.8, 4) is 0 Å². The van der Waals surface area contributed by atoms with Gasteiger partial charge in [-0.2, -0.15) is 0 Å². The van der Waals surface area contributed by atoms with Gasteiger partial charge in [-0.05, 0) is 19.3 Å². The lowest BCUT2D eigenvalue weighted by Gasteiger charge is -2.24. The minimum absolute atomic E-state index is 0.00894. The third kappa shape index (κ3) is 2.29. The van der Waals surface area contributed by atoms with Crippen molar-refractivity contribution in [2.45, 2.75) is 19.3 Å². The fourth-order valence-corrected chi connectivity index (χ4v) is 3.52. The molecule has 0 aromatic carbocycles. The van der Waals surface area contributed by atoms with Crippen molar-refractivity contribution in [2.24, 2.45) is 16.3 Å². The van der Waals surface area contributed by atoms with E-state index in [0.29, 0.717) is 25.8 Å². The van der Waals surface area contributed by atoms with Crippen LogP contribution in [0.2, 0.25) is 0 Å². The molecule has 0 aromatic heterocycles. The van der Waals surface area contributed by atoms with Crippen molar-refractivity contribution in [1.29, 1.82) is 0 Å². The predicted octanol–water partition coefficient (Wildman–Crippen LogP) is -0.840. The van der Waals surface area contributed by atoms with Gasteiger partial charge in [0.2, 0.25) is 5.91 Å². The molecule has 0 unspecified atom stereocenters. The Kier molecular flexibility index (Phi) is 3.22. The number of rotatable bonds is 2. The van der Waals surface area contributed by atoms with Gasteiger partial charge >= 0.3 is 0 Å². The highest BCUT2D eigenvalue weighted by atomic mass is 32.2. The number of carbonyl (C=O) groups is 1. The highest BCUT2D eigenvalue weighted by molar-refractivity contribution is 7.91. The second-order valence-corrected chi connectivity index (χ2v) is 7.17. The third-order valence-corrected chi connectivity index (χ3v) is 5.32. The molecule has 0 atom stereocenters. The number of amides is 1. The molecular weight excluding hydrogens is 258 g/mol. The van der Waals surface area contributed by atoms with E-state index in [2.05, 4.69) is 5.16 Å². The van der Waals surface area contributed by atoms with E-state index in [4.69, 9.17) is 10.9 Å². The zero-order chi connectivity index (χ0) is 13.4. The normalized spacial score (nSPS) is 26.4. The van der Waals surface area contributed by atoms with Crippen LogP contribution in [0.25, 0.3) is 0 Å². The molecule has 1 aliphatic carbocycles. The van der Waals surface area contributed by atoms with Gasteiger partial charge < -0.3 is 15.8 Å². The summed E-state index contributed by atoms with van der Waals surface area (Å²) in [5.41, 5.74) is 4.66. The first-order valence-electron chi connectivity index (χ1n) is 5.89. The lowest BCUT2D eigenvalue weighted by Crippen LogP contribution is -2.44. The second kappa shape index (κ2) is 4.42. The van der Waals surface area contributed by atoms with Crippen LogP contribution in [-0.2, 0) is 14.6 Å². The van der Waals surface area contributed by atoms with Crippen molar-refractivity contribution in [3.05, 3.63) is 0 Å². The highest BCUT2D eigenvalue weighted by Crippen LogP contribution is 2.47. The van der Waals surface area contributed by atoms with E-state index in [1.54, 1.807) is 0 Å². The van der Waals surface area contributed by atoms with Gasteiger partial charge in [-0.15, -0.1) is 0 Å². The molecule has 1 aliphatic heterocycles. The Morgan fingerprint density at radius 2 is 1.94 bits per heavy atom. The van der Waals surface area contributed by atoms with E-state index in [0.717, 1.165) is 0 Å². The van der Waals surface area contributed by atoms with E-state index in [1.165, 1.54) is 4.90 Å². The Labute approximate surface area is 106 Å². The van der Waals surface area contributed by atoms with Gasteiger partial charge in [-0.25, -0.2) is 8.42 Å². The number of sulfone groups is 1. The molecule has 1 saturated carbocycles. The molecule has 18 heavy (non-hydrogen) atoms. The molecule has 2 rings (SSSR count). The molecule has 8 heteroatoms. The predicted molar refractivity (Wildman–Crippen MR) is 64.9 cm³/mol. The first kappa shape index (κ1) is 13.1. The van der Waals surface area contributed by atoms with Crippen LogP contribution in [0.3, 0.4) is 0 Å². The molecule has 102 valence electrons. The highest BCUT2D eigenvalue weighted by Gasteiger charge is 2.55. The van der Waals surface area contributed by atoms with E-state index >= 15 is 0 Å². The van der Waals surface area contributed by atoms with Crippen LogP contribution in [0.1, 0.15) is 19.3 Å². The lowest BCUT2D eigenvalue weighted by molar-refractivity contribution is -0.134. The van der Waals surface area contributed by atoms with E-state index in [9.17, 15) is 13.2 Å². The second-order valence-electron chi connectivity index (χ2n) is 4.86. The van der Waals surface area contributed by atoms with Crippen LogP contribution in [0, 0.1) is 5.41 Å². The lowest BCUT2D eigenvalue weighted by atomic mass is 10.0. The molecule has 1 saturated heterocycles. The monoisotopic (exact) mass is 275 g/mol. The summed E-state index contributed by atoms with van der Waals surface area (Å²) in [6.07, 6.45) is 1.57. The molecule has 2 aliphatic rings. The fraction of sp³-hybridized carbons (Fsp3) is 0.800. The quantitative estimate of drug-likeness (QED) is 0.295. The van der Waals surface area contributed by atoms with Gasteiger partial charge in [0.1, 0.15) is 5.41 Å². The first-order valence-corrected chi connectivity index (χ1v) is 7.71.